The predicted molar refractivity (Wildman–Crippen MR) is 140 cm³/mol. The van der Waals surface area contributed by atoms with Gasteiger partial charge in [0, 0.05) is 24.7 Å². The van der Waals surface area contributed by atoms with E-state index in [4.69, 9.17) is 23.9 Å². The molecule has 0 amide bonds. The van der Waals surface area contributed by atoms with Crippen molar-refractivity contribution in [3.8, 4) is 17.2 Å². The highest BCUT2D eigenvalue weighted by Gasteiger charge is 2.12. The quantitative estimate of drug-likeness (QED) is 0.231. The Morgan fingerprint density at radius 1 is 0.938 bits per heavy atom. The average molecular weight is 557 g/mol. The lowest BCUT2D eigenvalue weighted by Gasteiger charge is -2.17. The Bertz CT molecular complexity index is 818. The molecule has 2 aromatic carbocycles. The van der Waals surface area contributed by atoms with Gasteiger partial charge in [0.1, 0.15) is 5.75 Å². The number of methoxy groups -OCH3 is 3. The first-order chi connectivity index (χ1) is 15.1. The third-order valence-electron chi connectivity index (χ3n) is 4.67. The van der Waals surface area contributed by atoms with Gasteiger partial charge in [-0.05, 0) is 24.5 Å². The molecule has 7 nitrogen and oxygen atoms in total. The molecule has 0 aromatic heterocycles. The van der Waals surface area contributed by atoms with Crippen molar-refractivity contribution >= 4 is 29.9 Å². The fraction of sp³-hybridized carbons (Fsp3) is 0.458. The van der Waals surface area contributed by atoms with E-state index in [1.807, 2.05) is 37.3 Å². The summed E-state index contributed by atoms with van der Waals surface area (Å²) in [5.74, 6) is 3.06. The molecule has 0 aliphatic carbocycles. The molecule has 178 valence electrons. The topological polar surface area (TPSA) is 73.3 Å². The zero-order chi connectivity index (χ0) is 22.5. The number of nitrogens with one attached hydrogen (secondary N) is 2. The average Bonchev–Trinajstić information content (AvgIpc) is 2.80. The molecule has 0 bridgehead atoms. The van der Waals surface area contributed by atoms with Crippen LogP contribution in [0, 0.1) is 5.92 Å². The number of hydrogen-bond acceptors (Lipinski definition) is 5. The molecule has 0 aliphatic rings. The van der Waals surface area contributed by atoms with Gasteiger partial charge >= 0.3 is 0 Å². The standard InChI is InChI=1S/C24H35N3O4.HI/c1-6-25-24(26-14-18(2)16-31-17-19-10-8-7-9-11-19)27-15-20-12-22(29-4)23(30-5)13-21(20)28-3;/h7-13,18H,6,14-17H2,1-5H3,(H2,25,26,27);1H. The molecule has 0 aliphatic heterocycles. The van der Waals surface area contributed by atoms with Gasteiger partial charge in [-0.15, -0.1) is 24.0 Å². The van der Waals surface area contributed by atoms with Gasteiger partial charge < -0.3 is 29.6 Å². The highest BCUT2D eigenvalue weighted by atomic mass is 127. The normalized spacial score (nSPS) is 11.8. The molecule has 0 heterocycles. The Hall–Kier alpha value is -2.20. The largest absolute Gasteiger partial charge is 0.496 e. The summed E-state index contributed by atoms with van der Waals surface area (Å²) in [4.78, 5) is 4.70. The summed E-state index contributed by atoms with van der Waals surface area (Å²) in [5, 5.41) is 6.67. The van der Waals surface area contributed by atoms with E-state index in [2.05, 4.69) is 29.7 Å². The van der Waals surface area contributed by atoms with Crippen molar-refractivity contribution in [3.05, 3.63) is 53.6 Å². The van der Waals surface area contributed by atoms with Crippen LogP contribution >= 0.6 is 24.0 Å². The molecular weight excluding hydrogens is 521 g/mol. The molecule has 2 rings (SSSR count). The van der Waals surface area contributed by atoms with Gasteiger partial charge in [0.25, 0.3) is 0 Å². The van der Waals surface area contributed by atoms with E-state index < -0.39 is 0 Å². The van der Waals surface area contributed by atoms with Gasteiger partial charge in [-0.1, -0.05) is 37.3 Å². The highest BCUT2D eigenvalue weighted by Crippen LogP contribution is 2.34. The molecule has 0 fully saturated rings. The highest BCUT2D eigenvalue weighted by molar-refractivity contribution is 14.0. The van der Waals surface area contributed by atoms with Gasteiger partial charge in [0.2, 0.25) is 0 Å². The number of hydrogen-bond donors (Lipinski definition) is 2. The zero-order valence-corrected chi connectivity index (χ0v) is 22.0. The van der Waals surface area contributed by atoms with Crippen LogP contribution in [0.15, 0.2) is 47.5 Å². The molecule has 2 aromatic rings. The van der Waals surface area contributed by atoms with E-state index >= 15 is 0 Å². The van der Waals surface area contributed by atoms with Crippen LogP contribution in [0.25, 0.3) is 0 Å². The lowest BCUT2D eigenvalue weighted by Crippen LogP contribution is -2.40. The van der Waals surface area contributed by atoms with Gasteiger partial charge in [-0.3, -0.25) is 0 Å². The number of aliphatic imine (C=N–C) groups is 1. The maximum absolute atomic E-state index is 5.84. The molecule has 8 heteroatoms. The first kappa shape index (κ1) is 27.8. The summed E-state index contributed by atoms with van der Waals surface area (Å²) in [6.07, 6.45) is 0. The Balaban J connectivity index is 0.00000512. The van der Waals surface area contributed by atoms with Crippen LogP contribution in [0.1, 0.15) is 25.0 Å². The van der Waals surface area contributed by atoms with Crippen LogP contribution in [0.3, 0.4) is 0 Å². The minimum absolute atomic E-state index is 0. The maximum atomic E-state index is 5.84. The van der Waals surface area contributed by atoms with Gasteiger partial charge in [0.15, 0.2) is 17.5 Å². The van der Waals surface area contributed by atoms with E-state index in [0.29, 0.717) is 42.9 Å². The summed E-state index contributed by atoms with van der Waals surface area (Å²) < 4.78 is 22.1. The summed E-state index contributed by atoms with van der Waals surface area (Å²) in [5.41, 5.74) is 2.10. The monoisotopic (exact) mass is 557 g/mol. The molecule has 0 saturated heterocycles. The van der Waals surface area contributed by atoms with E-state index in [1.165, 1.54) is 5.56 Å². The van der Waals surface area contributed by atoms with Crippen molar-refractivity contribution in [2.45, 2.75) is 27.0 Å². The van der Waals surface area contributed by atoms with E-state index in [9.17, 15) is 0 Å². The van der Waals surface area contributed by atoms with Crippen molar-refractivity contribution in [1.82, 2.24) is 10.6 Å². The summed E-state index contributed by atoms with van der Waals surface area (Å²) >= 11 is 0. The number of halogens is 1. The second-order valence-corrected chi connectivity index (χ2v) is 7.20. The van der Waals surface area contributed by atoms with E-state index in [0.717, 1.165) is 24.6 Å². The SMILES string of the molecule is CCNC(=NCc1cc(OC)c(OC)cc1OC)NCC(C)COCc1ccccc1.I. The number of guanidine groups is 1. The van der Waals surface area contributed by atoms with E-state index in [1.54, 1.807) is 21.3 Å². The first-order valence-electron chi connectivity index (χ1n) is 10.5. The van der Waals surface area contributed by atoms with Crippen molar-refractivity contribution < 1.29 is 18.9 Å². The van der Waals surface area contributed by atoms with Crippen molar-refractivity contribution in [1.29, 1.82) is 0 Å². The minimum Gasteiger partial charge on any atom is -0.496 e. The fourth-order valence-electron chi connectivity index (χ4n) is 3.00. The van der Waals surface area contributed by atoms with E-state index in [-0.39, 0.29) is 24.0 Å². The minimum atomic E-state index is 0. The summed E-state index contributed by atoms with van der Waals surface area (Å²) in [7, 11) is 4.85. The maximum Gasteiger partial charge on any atom is 0.191 e. The van der Waals surface area contributed by atoms with Crippen LogP contribution in [0.4, 0.5) is 0 Å². The molecule has 1 unspecified atom stereocenters. The van der Waals surface area contributed by atoms with Crippen LogP contribution < -0.4 is 24.8 Å². The second-order valence-electron chi connectivity index (χ2n) is 7.20. The Morgan fingerprint density at radius 3 is 2.22 bits per heavy atom. The fourth-order valence-corrected chi connectivity index (χ4v) is 3.00. The third kappa shape index (κ3) is 9.12. The van der Waals surface area contributed by atoms with Crippen molar-refractivity contribution in [2.24, 2.45) is 10.9 Å². The second kappa shape index (κ2) is 15.6. The lowest BCUT2D eigenvalue weighted by molar-refractivity contribution is 0.0931. The number of rotatable bonds is 12. The molecule has 0 saturated carbocycles. The predicted octanol–water partition coefficient (Wildman–Crippen LogP) is 4.24. The molecule has 0 spiro atoms. The summed E-state index contributed by atoms with van der Waals surface area (Å²) in [6.45, 7) is 7.46. The van der Waals surface area contributed by atoms with Crippen LogP contribution in [0.5, 0.6) is 17.2 Å². The third-order valence-corrected chi connectivity index (χ3v) is 4.67. The van der Waals surface area contributed by atoms with Crippen molar-refractivity contribution in [2.75, 3.05) is 41.0 Å². The zero-order valence-electron chi connectivity index (χ0n) is 19.6. The Labute approximate surface area is 208 Å². The van der Waals surface area contributed by atoms with Gasteiger partial charge in [0.05, 0.1) is 41.1 Å². The van der Waals surface area contributed by atoms with Crippen LogP contribution in [-0.4, -0.2) is 47.0 Å². The summed E-state index contributed by atoms with van der Waals surface area (Å²) in [6, 6.07) is 13.9. The Morgan fingerprint density at radius 2 is 1.59 bits per heavy atom. The first-order valence-corrected chi connectivity index (χ1v) is 10.5. The van der Waals surface area contributed by atoms with Crippen LogP contribution in [-0.2, 0) is 17.9 Å². The molecule has 2 N–H and O–H groups in total. The molecule has 32 heavy (non-hydrogen) atoms. The number of benzene rings is 2. The molecule has 0 radical (unpaired) electrons. The van der Waals surface area contributed by atoms with Crippen molar-refractivity contribution in [3.63, 3.8) is 0 Å². The lowest BCUT2D eigenvalue weighted by atomic mass is 10.1. The smallest absolute Gasteiger partial charge is 0.191 e. The molecular formula is C24H36IN3O4. The van der Waals surface area contributed by atoms with Crippen LogP contribution in [0.2, 0.25) is 0 Å². The molecule has 1 atom stereocenters. The number of ether oxygens (including phenoxy) is 4. The Kier molecular flexibility index (Phi) is 13.5. The van der Waals surface area contributed by atoms with Gasteiger partial charge in [-0.25, -0.2) is 4.99 Å². The van der Waals surface area contributed by atoms with Gasteiger partial charge in [-0.2, -0.15) is 0 Å². The number of nitrogens with zero attached hydrogens (tertiary/aromatic N) is 1.